The van der Waals surface area contributed by atoms with E-state index in [0.29, 0.717) is 0 Å². The molecule has 3 rings (SSSR count). The Bertz CT molecular complexity index is 659. The van der Waals surface area contributed by atoms with Crippen LogP contribution in [0.5, 0.6) is 0 Å². The zero-order chi connectivity index (χ0) is 12.4. The van der Waals surface area contributed by atoms with Crippen molar-refractivity contribution in [2.45, 2.75) is 0 Å². The smallest absolute Gasteiger partial charge is 0.0877 e. The first-order valence-corrected chi connectivity index (χ1v) is 5.86. The van der Waals surface area contributed by atoms with E-state index in [1.54, 1.807) is 0 Å². The Morgan fingerprint density at radius 3 is 2.32 bits per heavy atom. The van der Waals surface area contributed by atoms with Crippen LogP contribution in [0, 0.1) is 6.92 Å². The van der Waals surface area contributed by atoms with Crippen LogP contribution in [0.3, 0.4) is 0 Å². The van der Waals surface area contributed by atoms with Crippen molar-refractivity contribution >= 4 is 0 Å². The summed E-state index contributed by atoms with van der Waals surface area (Å²) in [4.78, 5) is 4.45. The molecule has 19 heavy (non-hydrogen) atoms. The van der Waals surface area contributed by atoms with Crippen molar-refractivity contribution in [3.05, 3.63) is 79.5 Å². The average Bonchev–Trinajstić information content (AvgIpc) is 2.89. The molecule has 0 amide bonds. The minimum absolute atomic E-state index is 0. The van der Waals surface area contributed by atoms with Gasteiger partial charge in [0.1, 0.15) is 0 Å². The Morgan fingerprint density at radius 1 is 0.895 bits per heavy atom. The van der Waals surface area contributed by atoms with Gasteiger partial charge in [-0.1, -0.05) is 29.8 Å². The van der Waals surface area contributed by atoms with Crippen molar-refractivity contribution in [1.29, 1.82) is 0 Å². The maximum atomic E-state index is 4.45. The van der Waals surface area contributed by atoms with E-state index in [4.69, 9.17) is 0 Å². The molecule has 0 saturated heterocycles. The Kier molecular flexibility index (Phi) is 4.20. The van der Waals surface area contributed by atoms with Crippen LogP contribution in [0.25, 0.3) is 17.1 Å². The molecule has 0 aliphatic carbocycles. The second kappa shape index (κ2) is 5.87. The summed E-state index contributed by atoms with van der Waals surface area (Å²) in [7, 11) is 0. The van der Waals surface area contributed by atoms with Crippen LogP contribution in [0.15, 0.2) is 67.0 Å². The molecule has 0 aliphatic heterocycles. The van der Waals surface area contributed by atoms with E-state index in [1.807, 2.05) is 54.9 Å². The molecule has 0 fully saturated rings. The number of hydrogen-bond donors (Lipinski definition) is 0. The summed E-state index contributed by atoms with van der Waals surface area (Å²) < 4.78 is 2.07. The van der Waals surface area contributed by atoms with Crippen molar-refractivity contribution in [3.8, 4) is 17.1 Å². The first-order valence-electron chi connectivity index (χ1n) is 5.86. The summed E-state index contributed by atoms with van der Waals surface area (Å²) in [5.41, 5.74) is 3.15. The van der Waals surface area contributed by atoms with E-state index in [2.05, 4.69) is 28.6 Å². The van der Waals surface area contributed by atoms with Crippen LogP contribution in [0.4, 0.5) is 0 Å². The maximum Gasteiger partial charge on any atom is 0.0877 e. The zero-order valence-electron chi connectivity index (χ0n) is 10.3. The van der Waals surface area contributed by atoms with Gasteiger partial charge in [0.2, 0.25) is 0 Å². The molecule has 0 unspecified atom stereocenters. The average molecular weight is 426 g/mol. The predicted octanol–water partition coefficient (Wildman–Crippen LogP) is 3.72. The van der Waals surface area contributed by atoms with Gasteiger partial charge in [-0.05, 0) is 12.1 Å². The third kappa shape index (κ3) is 2.62. The molecular weight excluding hydrogens is 412 g/mol. The normalized spacial score (nSPS) is 9.89. The zero-order valence-corrected chi connectivity index (χ0v) is 12.7. The molecule has 3 heteroatoms. The van der Waals surface area contributed by atoms with Gasteiger partial charge >= 0.3 is 0 Å². The number of imidazole rings is 1. The summed E-state index contributed by atoms with van der Waals surface area (Å²) in [6.07, 6.45) is 3.78. The summed E-state index contributed by atoms with van der Waals surface area (Å²) >= 11 is 0. The SMILES string of the molecule is [CH2-]c1ccccc1-c1nccn1-c1ccccc1.[Ir]. The molecule has 0 aliphatic rings. The summed E-state index contributed by atoms with van der Waals surface area (Å²) in [6, 6.07) is 18.2. The summed E-state index contributed by atoms with van der Waals surface area (Å²) in [5, 5.41) is 0. The molecule has 2 nitrogen and oxygen atoms in total. The second-order valence-corrected chi connectivity index (χ2v) is 4.11. The number of benzene rings is 2. The van der Waals surface area contributed by atoms with Gasteiger partial charge < -0.3 is 4.57 Å². The summed E-state index contributed by atoms with van der Waals surface area (Å²) in [6.45, 7) is 4.06. The van der Waals surface area contributed by atoms with E-state index in [9.17, 15) is 0 Å². The topological polar surface area (TPSA) is 17.8 Å². The fraction of sp³-hybridized carbons (Fsp3) is 0. The molecular formula is C16H13IrN2-. The van der Waals surface area contributed by atoms with E-state index in [1.165, 1.54) is 0 Å². The minimum atomic E-state index is 0. The Labute approximate surface area is 126 Å². The van der Waals surface area contributed by atoms with Crippen LogP contribution in [0.2, 0.25) is 0 Å². The minimum Gasteiger partial charge on any atom is -0.310 e. The Balaban J connectivity index is 0.00000133. The van der Waals surface area contributed by atoms with Gasteiger partial charge in [-0.25, -0.2) is 4.98 Å². The van der Waals surface area contributed by atoms with Gasteiger partial charge in [0, 0.05) is 38.2 Å². The van der Waals surface area contributed by atoms with Gasteiger partial charge in [-0.15, -0.1) is 12.1 Å². The quantitative estimate of drug-likeness (QED) is 0.573. The third-order valence-electron chi connectivity index (χ3n) is 2.93. The molecule has 0 spiro atoms. The Morgan fingerprint density at radius 2 is 1.58 bits per heavy atom. The molecule has 0 atom stereocenters. The van der Waals surface area contributed by atoms with Crippen molar-refractivity contribution < 1.29 is 20.1 Å². The van der Waals surface area contributed by atoms with Crippen molar-refractivity contribution in [3.63, 3.8) is 0 Å². The van der Waals surface area contributed by atoms with Crippen LogP contribution in [-0.4, -0.2) is 9.55 Å². The van der Waals surface area contributed by atoms with Gasteiger partial charge in [-0.3, -0.25) is 0 Å². The maximum absolute atomic E-state index is 4.45. The fourth-order valence-electron chi connectivity index (χ4n) is 2.04. The van der Waals surface area contributed by atoms with E-state index < -0.39 is 0 Å². The van der Waals surface area contributed by atoms with Crippen LogP contribution in [-0.2, 0) is 20.1 Å². The fourth-order valence-corrected chi connectivity index (χ4v) is 2.04. The van der Waals surface area contributed by atoms with E-state index in [-0.39, 0.29) is 20.1 Å². The van der Waals surface area contributed by atoms with Gasteiger partial charge in [0.25, 0.3) is 0 Å². The standard InChI is InChI=1S/C16H13N2.Ir/c1-13-7-5-6-10-15(13)16-17-11-12-18(16)14-8-3-2-4-9-14;/h2-12H,1H2;/q-1;. The largest absolute Gasteiger partial charge is 0.310 e. The molecule has 0 N–H and O–H groups in total. The molecule has 1 heterocycles. The third-order valence-corrected chi connectivity index (χ3v) is 2.93. The predicted molar refractivity (Wildman–Crippen MR) is 73.5 cm³/mol. The van der Waals surface area contributed by atoms with Crippen molar-refractivity contribution in [2.75, 3.05) is 0 Å². The molecule has 97 valence electrons. The molecule has 2 aromatic carbocycles. The molecule has 1 radical (unpaired) electrons. The van der Waals surface area contributed by atoms with Gasteiger partial charge in [0.05, 0.1) is 5.82 Å². The second-order valence-electron chi connectivity index (χ2n) is 4.11. The number of nitrogens with zero attached hydrogens (tertiary/aromatic N) is 2. The number of aromatic nitrogens is 2. The number of rotatable bonds is 2. The number of para-hydroxylation sites is 1. The van der Waals surface area contributed by atoms with E-state index >= 15 is 0 Å². The molecule has 0 bridgehead atoms. The first kappa shape index (κ1) is 13.6. The Hall–Kier alpha value is -1.83. The van der Waals surface area contributed by atoms with Crippen LogP contribution < -0.4 is 0 Å². The number of hydrogen-bond acceptors (Lipinski definition) is 1. The summed E-state index contributed by atoms with van der Waals surface area (Å²) in [5.74, 6) is 0.923. The van der Waals surface area contributed by atoms with E-state index in [0.717, 1.165) is 22.6 Å². The molecule has 0 saturated carbocycles. The molecule has 3 aromatic rings. The first-order chi connectivity index (χ1) is 8.86. The van der Waals surface area contributed by atoms with Crippen LogP contribution >= 0.6 is 0 Å². The monoisotopic (exact) mass is 426 g/mol. The van der Waals surface area contributed by atoms with Crippen LogP contribution in [0.1, 0.15) is 5.56 Å². The van der Waals surface area contributed by atoms with Crippen molar-refractivity contribution in [1.82, 2.24) is 9.55 Å². The van der Waals surface area contributed by atoms with Crippen molar-refractivity contribution in [2.24, 2.45) is 0 Å². The van der Waals surface area contributed by atoms with Gasteiger partial charge in [0.15, 0.2) is 0 Å². The molecule has 1 aromatic heterocycles. The van der Waals surface area contributed by atoms with Gasteiger partial charge in [-0.2, -0.15) is 18.6 Å².